The predicted molar refractivity (Wildman–Crippen MR) is 95.7 cm³/mol. The Morgan fingerprint density at radius 3 is 2.92 bits per heavy atom. The number of hydrogen-bond donors (Lipinski definition) is 0. The third-order valence-electron chi connectivity index (χ3n) is 3.72. The predicted octanol–water partition coefficient (Wildman–Crippen LogP) is 4.34. The normalized spacial score (nSPS) is 11.2. The van der Waals surface area contributed by atoms with Crippen LogP contribution in [0.2, 0.25) is 5.02 Å². The van der Waals surface area contributed by atoms with E-state index in [0.717, 1.165) is 32.9 Å². The topological polar surface area (TPSA) is 52.8 Å². The number of nitrogens with zero attached hydrogens (tertiary/aromatic N) is 4. The Balaban J connectivity index is 1.94. The van der Waals surface area contributed by atoms with Crippen LogP contribution in [-0.4, -0.2) is 26.9 Å². The van der Waals surface area contributed by atoms with E-state index in [1.165, 1.54) is 0 Å². The molecule has 3 aromatic heterocycles. The first kappa shape index (κ1) is 15.3. The zero-order chi connectivity index (χ0) is 16.5. The number of ether oxygens (including phenoxy) is 1. The Labute approximate surface area is 147 Å². The van der Waals surface area contributed by atoms with Gasteiger partial charge in [0, 0.05) is 35.3 Å². The quantitative estimate of drug-likeness (QED) is 0.545. The van der Waals surface area contributed by atoms with Crippen LogP contribution in [0.25, 0.3) is 27.2 Å². The van der Waals surface area contributed by atoms with Crippen molar-refractivity contribution in [2.24, 2.45) is 0 Å². The summed E-state index contributed by atoms with van der Waals surface area (Å²) in [6, 6.07) is 7.60. The van der Waals surface area contributed by atoms with Crippen molar-refractivity contribution in [3.05, 3.63) is 59.0 Å². The number of hydrogen-bond acceptors (Lipinski definition) is 5. The largest absolute Gasteiger partial charge is 0.378 e. The van der Waals surface area contributed by atoms with E-state index in [2.05, 4.69) is 15.1 Å². The van der Waals surface area contributed by atoms with Gasteiger partial charge in [0.05, 0.1) is 35.3 Å². The Morgan fingerprint density at radius 1 is 1.21 bits per heavy atom. The standard InChI is InChI=1S/C17H13ClN4OS/c1-23-10-16-13(17-20-6-7-24-17)9-21-22(16)15-4-5-19-14-8-11(18)2-3-12(14)15/h2-9H,10H2,1H3. The molecule has 4 aromatic rings. The molecule has 4 rings (SSSR count). The first-order valence-electron chi connectivity index (χ1n) is 7.28. The van der Waals surface area contributed by atoms with Gasteiger partial charge in [0.2, 0.25) is 0 Å². The van der Waals surface area contributed by atoms with Crippen molar-refractivity contribution in [1.29, 1.82) is 0 Å². The van der Waals surface area contributed by atoms with Crippen LogP contribution in [0, 0.1) is 0 Å². The molecule has 0 amide bonds. The summed E-state index contributed by atoms with van der Waals surface area (Å²) in [6.07, 6.45) is 5.38. The van der Waals surface area contributed by atoms with Gasteiger partial charge in [-0.2, -0.15) is 5.10 Å². The molecule has 0 atom stereocenters. The molecule has 0 saturated carbocycles. The van der Waals surface area contributed by atoms with E-state index in [1.54, 1.807) is 30.8 Å². The average molecular weight is 357 g/mol. The third-order valence-corrected chi connectivity index (χ3v) is 4.76. The van der Waals surface area contributed by atoms with E-state index in [4.69, 9.17) is 16.3 Å². The highest BCUT2D eigenvalue weighted by Crippen LogP contribution is 2.30. The van der Waals surface area contributed by atoms with Gasteiger partial charge in [-0.25, -0.2) is 9.67 Å². The van der Waals surface area contributed by atoms with Crippen LogP contribution in [0.15, 0.2) is 48.2 Å². The number of rotatable bonds is 4. The zero-order valence-corrected chi connectivity index (χ0v) is 14.4. The molecule has 1 aromatic carbocycles. The van der Waals surface area contributed by atoms with Crippen LogP contribution in [0.1, 0.15) is 5.69 Å². The van der Waals surface area contributed by atoms with Gasteiger partial charge in [0.25, 0.3) is 0 Å². The number of fused-ring (bicyclic) bond motifs is 1. The molecule has 0 aliphatic heterocycles. The maximum Gasteiger partial charge on any atom is 0.126 e. The molecule has 7 heteroatoms. The SMILES string of the molecule is COCc1c(-c2nccs2)cnn1-c1ccnc2cc(Cl)ccc12. The van der Waals surface area contributed by atoms with Crippen molar-refractivity contribution in [3.63, 3.8) is 0 Å². The Bertz CT molecular complexity index is 997. The van der Waals surface area contributed by atoms with E-state index in [9.17, 15) is 0 Å². The minimum absolute atomic E-state index is 0.437. The van der Waals surface area contributed by atoms with Gasteiger partial charge < -0.3 is 4.74 Å². The summed E-state index contributed by atoms with van der Waals surface area (Å²) in [4.78, 5) is 8.78. The van der Waals surface area contributed by atoms with Crippen LogP contribution in [0.3, 0.4) is 0 Å². The summed E-state index contributed by atoms with van der Waals surface area (Å²) < 4.78 is 7.28. The fourth-order valence-electron chi connectivity index (χ4n) is 2.68. The maximum absolute atomic E-state index is 6.08. The highest BCUT2D eigenvalue weighted by molar-refractivity contribution is 7.13. The number of thiazole rings is 1. The van der Waals surface area contributed by atoms with Crippen molar-refractivity contribution < 1.29 is 4.74 Å². The van der Waals surface area contributed by atoms with Gasteiger partial charge in [-0.05, 0) is 24.3 Å². The number of aromatic nitrogens is 4. The Morgan fingerprint density at radius 2 is 2.12 bits per heavy atom. The van der Waals surface area contributed by atoms with Crippen molar-refractivity contribution in [1.82, 2.24) is 19.7 Å². The number of benzene rings is 1. The second kappa shape index (κ2) is 6.32. The van der Waals surface area contributed by atoms with Crippen LogP contribution < -0.4 is 0 Å². The van der Waals surface area contributed by atoms with Gasteiger partial charge in [0.15, 0.2) is 0 Å². The third kappa shape index (κ3) is 2.58. The summed E-state index contributed by atoms with van der Waals surface area (Å²) in [5, 5.41) is 9.09. The minimum Gasteiger partial charge on any atom is -0.378 e. The van der Waals surface area contributed by atoms with Crippen LogP contribution in [-0.2, 0) is 11.3 Å². The molecule has 0 aliphatic rings. The number of pyridine rings is 1. The fourth-order valence-corrected chi connectivity index (χ4v) is 3.52. The second-order valence-corrected chi connectivity index (χ2v) is 6.51. The van der Waals surface area contributed by atoms with Crippen LogP contribution >= 0.6 is 22.9 Å². The molecular formula is C17H13ClN4OS. The molecule has 3 heterocycles. The lowest BCUT2D eigenvalue weighted by Crippen LogP contribution is -2.05. The molecule has 0 spiro atoms. The number of methoxy groups -OCH3 is 1. The van der Waals surface area contributed by atoms with Crippen LogP contribution in [0.5, 0.6) is 0 Å². The highest BCUT2D eigenvalue weighted by Gasteiger charge is 2.17. The summed E-state index contributed by atoms with van der Waals surface area (Å²) >= 11 is 7.66. The van der Waals surface area contributed by atoms with Crippen molar-refractivity contribution >= 4 is 33.8 Å². The summed E-state index contributed by atoms with van der Waals surface area (Å²) in [7, 11) is 1.67. The summed E-state index contributed by atoms with van der Waals surface area (Å²) in [6.45, 7) is 0.437. The molecule has 0 N–H and O–H groups in total. The first-order valence-corrected chi connectivity index (χ1v) is 8.54. The van der Waals surface area contributed by atoms with E-state index in [1.807, 2.05) is 40.5 Å². The van der Waals surface area contributed by atoms with Gasteiger partial charge in [-0.1, -0.05) is 11.6 Å². The lowest BCUT2D eigenvalue weighted by atomic mass is 10.2. The van der Waals surface area contributed by atoms with E-state index in [-0.39, 0.29) is 0 Å². The van der Waals surface area contributed by atoms with Gasteiger partial charge in [-0.3, -0.25) is 4.98 Å². The minimum atomic E-state index is 0.437. The van der Waals surface area contributed by atoms with Crippen molar-refractivity contribution in [2.45, 2.75) is 6.61 Å². The van der Waals surface area contributed by atoms with Crippen LogP contribution in [0.4, 0.5) is 0 Å². The van der Waals surface area contributed by atoms with Crippen molar-refractivity contribution in [3.8, 4) is 16.3 Å². The smallest absolute Gasteiger partial charge is 0.126 e. The summed E-state index contributed by atoms with van der Waals surface area (Å²) in [5.74, 6) is 0. The van der Waals surface area contributed by atoms with E-state index >= 15 is 0 Å². The molecule has 0 fully saturated rings. The molecule has 0 bridgehead atoms. The molecule has 0 unspecified atom stereocenters. The molecule has 120 valence electrons. The van der Waals surface area contributed by atoms with Gasteiger partial charge >= 0.3 is 0 Å². The summed E-state index contributed by atoms with van der Waals surface area (Å²) in [5.41, 5.74) is 3.70. The number of halogens is 1. The molecule has 0 saturated heterocycles. The molecule has 24 heavy (non-hydrogen) atoms. The van der Waals surface area contributed by atoms with E-state index in [0.29, 0.717) is 11.6 Å². The average Bonchev–Trinajstić information content (AvgIpc) is 3.24. The van der Waals surface area contributed by atoms with Crippen molar-refractivity contribution in [2.75, 3.05) is 7.11 Å². The highest BCUT2D eigenvalue weighted by atomic mass is 35.5. The lowest BCUT2D eigenvalue weighted by molar-refractivity contribution is 0.179. The zero-order valence-electron chi connectivity index (χ0n) is 12.8. The van der Waals surface area contributed by atoms with Gasteiger partial charge in [-0.15, -0.1) is 11.3 Å². The first-order chi connectivity index (χ1) is 11.8. The molecule has 0 radical (unpaired) electrons. The second-order valence-electron chi connectivity index (χ2n) is 5.18. The Hall–Kier alpha value is -2.28. The Kier molecular flexibility index (Phi) is 4.02. The van der Waals surface area contributed by atoms with Gasteiger partial charge in [0.1, 0.15) is 5.01 Å². The monoisotopic (exact) mass is 356 g/mol. The van der Waals surface area contributed by atoms with E-state index < -0.39 is 0 Å². The molecule has 0 aliphatic carbocycles. The fraction of sp³-hybridized carbons (Fsp3) is 0.118. The molecule has 5 nitrogen and oxygen atoms in total. The maximum atomic E-state index is 6.08. The lowest BCUT2D eigenvalue weighted by Gasteiger charge is -2.11. The molecular weight excluding hydrogens is 344 g/mol.